The Morgan fingerprint density at radius 1 is 0.955 bits per heavy atom. The molecule has 112 valence electrons. The first-order valence-electron chi connectivity index (χ1n) is 7.32. The number of carbonyl (C=O) groups excluding carboxylic acids is 1. The third-order valence-corrected chi connectivity index (χ3v) is 3.59. The lowest BCUT2D eigenvalue weighted by Crippen LogP contribution is -2.40. The second-order valence-corrected chi connectivity index (χ2v) is 6.59. The van der Waals surface area contributed by atoms with Gasteiger partial charge in [0.1, 0.15) is 5.75 Å². The van der Waals surface area contributed by atoms with Crippen molar-refractivity contribution in [2.24, 2.45) is 0 Å². The van der Waals surface area contributed by atoms with Crippen LogP contribution in [-0.2, 0) is 0 Å². The van der Waals surface area contributed by atoms with E-state index in [1.165, 1.54) is 0 Å². The van der Waals surface area contributed by atoms with E-state index in [1.807, 2.05) is 63.2 Å². The third kappa shape index (κ3) is 2.62. The van der Waals surface area contributed by atoms with Crippen molar-refractivity contribution in [3.8, 4) is 5.75 Å². The standard InChI is InChI=1S/C19H19NO2/c1-19(2,3)20-18(22)15-9-8-14-10-12-6-4-5-7-13(12)11-16(14)17(15)21/h4-11,21H,1-3H3,(H,20,22). The van der Waals surface area contributed by atoms with Crippen molar-refractivity contribution >= 4 is 27.5 Å². The molecule has 2 N–H and O–H groups in total. The molecule has 0 aliphatic heterocycles. The molecule has 1 amide bonds. The minimum Gasteiger partial charge on any atom is -0.506 e. The number of amides is 1. The first kappa shape index (κ1) is 14.4. The topological polar surface area (TPSA) is 49.3 Å². The van der Waals surface area contributed by atoms with Crippen molar-refractivity contribution < 1.29 is 9.90 Å². The Hall–Kier alpha value is -2.55. The fourth-order valence-electron chi connectivity index (χ4n) is 2.59. The van der Waals surface area contributed by atoms with Crippen LogP contribution >= 0.6 is 0 Å². The van der Waals surface area contributed by atoms with Gasteiger partial charge in [0.05, 0.1) is 5.56 Å². The fraction of sp³-hybridized carbons (Fsp3) is 0.211. The van der Waals surface area contributed by atoms with E-state index in [9.17, 15) is 9.90 Å². The molecular weight excluding hydrogens is 274 g/mol. The minimum atomic E-state index is -0.345. The highest BCUT2D eigenvalue weighted by Gasteiger charge is 2.19. The van der Waals surface area contributed by atoms with Crippen molar-refractivity contribution in [2.75, 3.05) is 0 Å². The molecule has 0 fully saturated rings. The van der Waals surface area contributed by atoms with Crippen LogP contribution in [0.1, 0.15) is 31.1 Å². The van der Waals surface area contributed by atoms with Crippen molar-refractivity contribution in [2.45, 2.75) is 26.3 Å². The predicted octanol–water partition coefficient (Wildman–Crippen LogP) is 4.23. The van der Waals surface area contributed by atoms with E-state index in [0.717, 1.165) is 16.2 Å². The van der Waals surface area contributed by atoms with Gasteiger partial charge in [-0.2, -0.15) is 0 Å². The number of nitrogens with one attached hydrogen (secondary N) is 1. The smallest absolute Gasteiger partial charge is 0.255 e. The second kappa shape index (κ2) is 5.02. The average molecular weight is 293 g/mol. The number of carbonyl (C=O) groups is 1. The Morgan fingerprint density at radius 3 is 2.23 bits per heavy atom. The maximum Gasteiger partial charge on any atom is 0.255 e. The van der Waals surface area contributed by atoms with Gasteiger partial charge in [0.15, 0.2) is 0 Å². The Labute approximate surface area is 129 Å². The zero-order valence-corrected chi connectivity index (χ0v) is 13.0. The predicted molar refractivity (Wildman–Crippen MR) is 90.3 cm³/mol. The molecule has 0 saturated heterocycles. The van der Waals surface area contributed by atoms with Gasteiger partial charge in [0.2, 0.25) is 0 Å². The fourth-order valence-corrected chi connectivity index (χ4v) is 2.59. The van der Waals surface area contributed by atoms with E-state index < -0.39 is 0 Å². The number of hydrogen-bond donors (Lipinski definition) is 2. The van der Waals surface area contributed by atoms with Gasteiger partial charge in [-0.25, -0.2) is 0 Å². The molecule has 0 aliphatic carbocycles. The number of hydrogen-bond acceptors (Lipinski definition) is 2. The number of fused-ring (bicyclic) bond motifs is 2. The van der Waals surface area contributed by atoms with Gasteiger partial charge in [-0.3, -0.25) is 4.79 Å². The SMILES string of the molecule is CC(C)(C)NC(=O)c1ccc2cc3ccccc3cc2c1O. The molecule has 0 spiro atoms. The van der Waals surface area contributed by atoms with Gasteiger partial charge in [-0.1, -0.05) is 30.3 Å². The van der Waals surface area contributed by atoms with Gasteiger partial charge in [-0.15, -0.1) is 0 Å². The average Bonchev–Trinajstić information content (AvgIpc) is 2.44. The van der Waals surface area contributed by atoms with Crippen LogP contribution in [-0.4, -0.2) is 16.6 Å². The van der Waals surface area contributed by atoms with Gasteiger partial charge < -0.3 is 10.4 Å². The highest BCUT2D eigenvalue weighted by Crippen LogP contribution is 2.32. The summed E-state index contributed by atoms with van der Waals surface area (Å²) in [7, 11) is 0. The summed E-state index contributed by atoms with van der Waals surface area (Å²) >= 11 is 0. The van der Waals surface area contributed by atoms with Crippen molar-refractivity contribution in [3.05, 3.63) is 54.1 Å². The number of benzene rings is 3. The summed E-state index contributed by atoms with van der Waals surface area (Å²) in [5.41, 5.74) is -0.0419. The van der Waals surface area contributed by atoms with E-state index in [-0.39, 0.29) is 17.2 Å². The minimum absolute atomic E-state index is 0.0324. The van der Waals surface area contributed by atoms with Crippen LogP contribution in [0.5, 0.6) is 5.75 Å². The van der Waals surface area contributed by atoms with Gasteiger partial charge in [0.25, 0.3) is 5.91 Å². The zero-order valence-electron chi connectivity index (χ0n) is 13.0. The molecule has 0 bridgehead atoms. The summed E-state index contributed by atoms with van der Waals surface area (Å²) in [6.45, 7) is 5.74. The summed E-state index contributed by atoms with van der Waals surface area (Å²) in [4.78, 5) is 12.3. The lowest BCUT2D eigenvalue weighted by Gasteiger charge is -2.21. The highest BCUT2D eigenvalue weighted by molar-refractivity contribution is 6.07. The zero-order chi connectivity index (χ0) is 15.9. The van der Waals surface area contributed by atoms with Crippen LogP contribution in [0.15, 0.2) is 48.5 Å². The second-order valence-electron chi connectivity index (χ2n) is 6.59. The monoisotopic (exact) mass is 293 g/mol. The quantitative estimate of drug-likeness (QED) is 0.660. The maximum absolute atomic E-state index is 12.3. The Bertz CT molecular complexity index is 876. The van der Waals surface area contributed by atoms with E-state index >= 15 is 0 Å². The van der Waals surface area contributed by atoms with Crippen molar-refractivity contribution in [1.82, 2.24) is 5.32 Å². The molecule has 22 heavy (non-hydrogen) atoms. The molecular formula is C19H19NO2. The van der Waals surface area contributed by atoms with Crippen LogP contribution in [0.3, 0.4) is 0 Å². The molecule has 3 aromatic carbocycles. The van der Waals surface area contributed by atoms with E-state index in [2.05, 4.69) is 5.32 Å². The Balaban J connectivity index is 2.16. The van der Waals surface area contributed by atoms with Crippen molar-refractivity contribution in [1.29, 1.82) is 0 Å². The van der Waals surface area contributed by atoms with Gasteiger partial charge in [0, 0.05) is 10.9 Å². The van der Waals surface area contributed by atoms with Crippen LogP contribution in [0.25, 0.3) is 21.5 Å². The Morgan fingerprint density at radius 2 is 1.59 bits per heavy atom. The van der Waals surface area contributed by atoms with Gasteiger partial charge >= 0.3 is 0 Å². The lowest BCUT2D eigenvalue weighted by atomic mass is 9.99. The Kier molecular flexibility index (Phi) is 3.28. The van der Waals surface area contributed by atoms with Crippen molar-refractivity contribution in [3.63, 3.8) is 0 Å². The largest absolute Gasteiger partial charge is 0.506 e. The first-order valence-corrected chi connectivity index (χ1v) is 7.32. The molecule has 0 aromatic heterocycles. The highest BCUT2D eigenvalue weighted by atomic mass is 16.3. The van der Waals surface area contributed by atoms with Crippen LogP contribution in [0.4, 0.5) is 0 Å². The van der Waals surface area contributed by atoms with Crippen LogP contribution in [0.2, 0.25) is 0 Å². The normalized spacial score (nSPS) is 11.8. The molecule has 0 unspecified atom stereocenters. The summed E-state index contributed by atoms with van der Waals surface area (Å²) in [6, 6.07) is 15.5. The molecule has 0 heterocycles. The number of aromatic hydroxyl groups is 1. The third-order valence-electron chi connectivity index (χ3n) is 3.59. The molecule has 3 rings (SSSR count). The maximum atomic E-state index is 12.3. The van der Waals surface area contributed by atoms with E-state index in [4.69, 9.17) is 0 Å². The van der Waals surface area contributed by atoms with Crippen LogP contribution < -0.4 is 5.32 Å². The molecule has 0 saturated carbocycles. The number of phenolic OH excluding ortho intramolecular Hbond substituents is 1. The van der Waals surface area contributed by atoms with E-state index in [1.54, 1.807) is 6.07 Å². The summed E-state index contributed by atoms with van der Waals surface area (Å²) in [5.74, 6) is -0.231. The summed E-state index contributed by atoms with van der Waals surface area (Å²) in [6.07, 6.45) is 0. The van der Waals surface area contributed by atoms with E-state index in [0.29, 0.717) is 10.9 Å². The summed E-state index contributed by atoms with van der Waals surface area (Å²) in [5, 5.41) is 17.2. The first-order chi connectivity index (χ1) is 10.3. The number of phenols is 1. The molecule has 0 radical (unpaired) electrons. The summed E-state index contributed by atoms with van der Waals surface area (Å²) < 4.78 is 0. The molecule has 3 nitrogen and oxygen atoms in total. The lowest BCUT2D eigenvalue weighted by molar-refractivity contribution is 0.0917. The van der Waals surface area contributed by atoms with Crippen LogP contribution in [0, 0.1) is 0 Å². The molecule has 0 atom stereocenters. The molecule has 0 aliphatic rings. The van der Waals surface area contributed by atoms with Gasteiger partial charge in [-0.05, 0) is 55.1 Å². The molecule has 3 heteroatoms. The molecule has 3 aromatic rings. The number of rotatable bonds is 1.